The fourth-order valence-electron chi connectivity index (χ4n) is 0.416. The molecule has 0 saturated carbocycles. The molecule has 0 aromatic carbocycles. The Kier molecular flexibility index (Phi) is 5.19. The second-order valence-electron chi connectivity index (χ2n) is 2.15. The minimum Gasteiger partial charge on any atom is -0.364 e. The van der Waals surface area contributed by atoms with Gasteiger partial charge in [0.25, 0.3) is 0 Å². The van der Waals surface area contributed by atoms with Gasteiger partial charge in [-0.1, -0.05) is 0 Å². The predicted molar refractivity (Wildman–Crippen MR) is 41.1 cm³/mol. The fourth-order valence-corrected chi connectivity index (χ4v) is 0.416. The van der Waals surface area contributed by atoms with Gasteiger partial charge in [-0.25, -0.2) is 19.4 Å². The number of carbonyl (C=O) groups excluding carboxylic acids is 3. The minimum absolute atomic E-state index is 0.391. The highest BCUT2D eigenvalue weighted by molar-refractivity contribution is 5.84. The molecule has 0 rings (SSSR count). The molecule has 4 N–H and O–H groups in total. The lowest BCUT2D eigenvalue weighted by atomic mass is 10.5. The maximum absolute atomic E-state index is 10.7. The first-order chi connectivity index (χ1) is 6.47. The SMILES string of the molecule is CC(=O)OOC(=O)C(O)NC(=O)CN. The van der Waals surface area contributed by atoms with Crippen LogP contribution in [0.5, 0.6) is 0 Å². The molecule has 1 unspecified atom stereocenters. The monoisotopic (exact) mass is 206 g/mol. The van der Waals surface area contributed by atoms with Gasteiger partial charge in [-0.15, -0.1) is 0 Å². The van der Waals surface area contributed by atoms with Crippen LogP contribution < -0.4 is 11.1 Å². The van der Waals surface area contributed by atoms with Gasteiger partial charge < -0.3 is 16.2 Å². The molecule has 80 valence electrons. The Morgan fingerprint density at radius 1 is 1.43 bits per heavy atom. The summed E-state index contributed by atoms with van der Waals surface area (Å²) < 4.78 is 0. The summed E-state index contributed by atoms with van der Waals surface area (Å²) in [5, 5.41) is 10.7. The van der Waals surface area contributed by atoms with Crippen LogP contribution in [0.15, 0.2) is 0 Å². The molecule has 0 aromatic heterocycles. The predicted octanol–water partition coefficient (Wildman–Crippen LogP) is -2.60. The molecule has 0 radical (unpaired) electrons. The summed E-state index contributed by atoms with van der Waals surface area (Å²) in [6.45, 7) is 0.607. The third-order valence-corrected chi connectivity index (χ3v) is 0.948. The second kappa shape index (κ2) is 5.89. The van der Waals surface area contributed by atoms with Crippen LogP contribution in [0.3, 0.4) is 0 Å². The van der Waals surface area contributed by atoms with E-state index in [2.05, 4.69) is 9.78 Å². The van der Waals surface area contributed by atoms with E-state index in [1.165, 1.54) is 0 Å². The molecule has 0 spiro atoms. The van der Waals surface area contributed by atoms with Gasteiger partial charge in [-0.2, -0.15) is 0 Å². The Bertz CT molecular complexity index is 240. The Labute approximate surface area is 78.9 Å². The Morgan fingerprint density at radius 2 is 2.00 bits per heavy atom. The van der Waals surface area contributed by atoms with E-state index < -0.39 is 30.6 Å². The number of nitrogens with two attached hydrogens (primary N) is 1. The van der Waals surface area contributed by atoms with Gasteiger partial charge in [-0.3, -0.25) is 4.79 Å². The first kappa shape index (κ1) is 12.3. The van der Waals surface area contributed by atoms with Gasteiger partial charge in [0.1, 0.15) is 0 Å². The van der Waals surface area contributed by atoms with Crippen molar-refractivity contribution in [2.75, 3.05) is 6.54 Å². The van der Waals surface area contributed by atoms with E-state index in [0.717, 1.165) is 6.92 Å². The van der Waals surface area contributed by atoms with Crippen LogP contribution in [0.4, 0.5) is 0 Å². The number of rotatable bonds is 3. The lowest BCUT2D eigenvalue weighted by Crippen LogP contribution is -2.44. The number of carbonyl (C=O) groups is 3. The zero-order valence-corrected chi connectivity index (χ0v) is 7.35. The van der Waals surface area contributed by atoms with Crippen LogP contribution in [-0.4, -0.2) is 35.7 Å². The largest absolute Gasteiger partial charge is 0.404 e. The average molecular weight is 206 g/mol. The maximum Gasteiger partial charge on any atom is 0.404 e. The first-order valence-electron chi connectivity index (χ1n) is 3.53. The highest BCUT2D eigenvalue weighted by Crippen LogP contribution is 1.87. The molecule has 0 heterocycles. The summed E-state index contributed by atoms with van der Waals surface area (Å²) in [5.41, 5.74) is 4.88. The fraction of sp³-hybridized carbons (Fsp3) is 0.500. The number of hydrogen-bond donors (Lipinski definition) is 3. The molecule has 0 aliphatic rings. The van der Waals surface area contributed by atoms with Crippen LogP contribution in [0, 0.1) is 0 Å². The number of amides is 1. The second-order valence-corrected chi connectivity index (χ2v) is 2.15. The number of aliphatic hydroxyl groups is 1. The molecule has 0 aliphatic carbocycles. The van der Waals surface area contributed by atoms with Crippen LogP contribution in [0.1, 0.15) is 6.92 Å². The third-order valence-electron chi connectivity index (χ3n) is 0.948. The summed E-state index contributed by atoms with van der Waals surface area (Å²) in [4.78, 5) is 39.0. The van der Waals surface area contributed by atoms with E-state index in [4.69, 9.17) is 10.8 Å². The van der Waals surface area contributed by atoms with Crippen LogP contribution in [0.2, 0.25) is 0 Å². The number of hydrogen-bond acceptors (Lipinski definition) is 7. The molecule has 8 heteroatoms. The summed E-state index contributed by atoms with van der Waals surface area (Å²) in [7, 11) is 0. The normalized spacial score (nSPS) is 11.4. The van der Waals surface area contributed by atoms with E-state index in [-0.39, 0.29) is 0 Å². The zero-order chi connectivity index (χ0) is 11.1. The molecule has 0 saturated heterocycles. The molecule has 0 bridgehead atoms. The van der Waals surface area contributed by atoms with E-state index >= 15 is 0 Å². The number of aliphatic hydroxyl groups excluding tert-OH is 1. The molecule has 0 aromatic rings. The smallest absolute Gasteiger partial charge is 0.364 e. The molecule has 14 heavy (non-hydrogen) atoms. The van der Waals surface area contributed by atoms with Crippen molar-refractivity contribution in [3.63, 3.8) is 0 Å². The van der Waals surface area contributed by atoms with Gasteiger partial charge >= 0.3 is 11.9 Å². The molecule has 1 amide bonds. The summed E-state index contributed by atoms with van der Waals surface area (Å²) in [5.74, 6) is -2.94. The van der Waals surface area contributed by atoms with Gasteiger partial charge in [0.05, 0.1) is 6.54 Å². The maximum atomic E-state index is 10.7. The van der Waals surface area contributed by atoms with E-state index in [1.807, 2.05) is 0 Å². The molecule has 1 atom stereocenters. The van der Waals surface area contributed by atoms with E-state index in [0.29, 0.717) is 0 Å². The average Bonchev–Trinajstić information content (AvgIpc) is 2.13. The van der Waals surface area contributed by atoms with Crippen molar-refractivity contribution in [1.29, 1.82) is 0 Å². The third kappa shape index (κ3) is 5.06. The molecule has 8 nitrogen and oxygen atoms in total. The van der Waals surface area contributed by atoms with Crippen molar-refractivity contribution >= 4 is 17.8 Å². The van der Waals surface area contributed by atoms with Crippen molar-refractivity contribution in [3.05, 3.63) is 0 Å². The molecular formula is C6H10N2O6. The van der Waals surface area contributed by atoms with Crippen LogP contribution in [0.25, 0.3) is 0 Å². The van der Waals surface area contributed by atoms with E-state index in [1.54, 1.807) is 5.32 Å². The Balaban J connectivity index is 3.87. The zero-order valence-electron chi connectivity index (χ0n) is 7.35. The van der Waals surface area contributed by atoms with Crippen LogP contribution >= 0.6 is 0 Å². The molecular weight excluding hydrogens is 196 g/mol. The van der Waals surface area contributed by atoms with Gasteiger partial charge in [-0.05, 0) is 0 Å². The standard InChI is InChI=1S/C6H10N2O6/c1-3(9)13-14-6(12)5(11)8-4(10)2-7/h5,11H,2,7H2,1H3,(H,8,10). The van der Waals surface area contributed by atoms with Gasteiger partial charge in [0, 0.05) is 6.92 Å². The minimum atomic E-state index is -1.91. The summed E-state index contributed by atoms with van der Waals surface area (Å²) >= 11 is 0. The van der Waals surface area contributed by atoms with Crippen molar-refractivity contribution in [3.8, 4) is 0 Å². The first-order valence-corrected chi connectivity index (χ1v) is 3.53. The van der Waals surface area contributed by atoms with Crippen molar-refractivity contribution in [2.45, 2.75) is 13.2 Å². The lowest BCUT2D eigenvalue weighted by molar-refractivity contribution is -0.263. The van der Waals surface area contributed by atoms with Gasteiger partial charge in [0.15, 0.2) is 0 Å². The topological polar surface area (TPSA) is 128 Å². The summed E-state index contributed by atoms with van der Waals surface area (Å²) in [6, 6.07) is 0. The molecule has 0 fully saturated rings. The quantitative estimate of drug-likeness (QED) is 0.262. The van der Waals surface area contributed by atoms with E-state index in [9.17, 15) is 14.4 Å². The van der Waals surface area contributed by atoms with Crippen molar-refractivity contribution in [1.82, 2.24) is 5.32 Å². The van der Waals surface area contributed by atoms with Crippen molar-refractivity contribution < 1.29 is 29.3 Å². The highest BCUT2D eigenvalue weighted by Gasteiger charge is 2.20. The Morgan fingerprint density at radius 3 is 2.43 bits per heavy atom. The molecule has 0 aliphatic heterocycles. The van der Waals surface area contributed by atoms with Gasteiger partial charge in [0.2, 0.25) is 12.1 Å². The lowest BCUT2D eigenvalue weighted by Gasteiger charge is -2.08. The number of nitrogens with one attached hydrogen (secondary N) is 1. The Hall–Kier alpha value is -1.67. The highest BCUT2D eigenvalue weighted by atomic mass is 17.2. The van der Waals surface area contributed by atoms with Crippen LogP contribution in [-0.2, 0) is 24.2 Å². The van der Waals surface area contributed by atoms with Crippen molar-refractivity contribution in [2.24, 2.45) is 5.73 Å². The summed E-state index contributed by atoms with van der Waals surface area (Å²) in [6.07, 6.45) is -1.91.